The number of hydrogen-bond donors (Lipinski definition) is 2. The summed E-state index contributed by atoms with van der Waals surface area (Å²) >= 11 is 0. The van der Waals surface area contributed by atoms with Crippen molar-refractivity contribution < 1.29 is 14.3 Å². The first-order valence-corrected chi connectivity index (χ1v) is 8.56. The molecule has 25 heavy (non-hydrogen) atoms. The second-order valence-electron chi connectivity index (χ2n) is 6.23. The SMILES string of the molecule is CCCNC(=O)CN1C=CN2NC(c3cccc(OC)c3)CC2C1=O. The summed E-state index contributed by atoms with van der Waals surface area (Å²) in [5.41, 5.74) is 4.41. The standard InChI is InChI=1S/C18H24N4O3/c1-3-7-19-17(23)12-21-8-9-22-16(18(21)24)11-15(20-22)13-5-4-6-14(10-13)25-2/h4-6,8-10,15-16,20H,3,7,11-12H2,1-2H3,(H,19,23). The molecule has 0 aliphatic carbocycles. The molecule has 2 N–H and O–H groups in total. The van der Waals surface area contributed by atoms with Gasteiger partial charge in [-0.3, -0.25) is 9.59 Å². The largest absolute Gasteiger partial charge is 0.497 e. The molecule has 1 saturated heterocycles. The Bertz CT molecular complexity index is 676. The fraction of sp³-hybridized carbons (Fsp3) is 0.444. The van der Waals surface area contributed by atoms with Gasteiger partial charge in [-0.15, -0.1) is 0 Å². The number of hydrogen-bond acceptors (Lipinski definition) is 5. The Hall–Kier alpha value is -2.54. The summed E-state index contributed by atoms with van der Waals surface area (Å²) in [5, 5.41) is 4.62. The maximum Gasteiger partial charge on any atom is 0.251 e. The van der Waals surface area contributed by atoms with Crippen LogP contribution in [0.15, 0.2) is 36.7 Å². The molecule has 1 aromatic rings. The van der Waals surface area contributed by atoms with E-state index < -0.39 is 0 Å². The van der Waals surface area contributed by atoms with Crippen molar-refractivity contribution >= 4 is 11.8 Å². The Morgan fingerprint density at radius 1 is 1.40 bits per heavy atom. The van der Waals surface area contributed by atoms with Crippen molar-refractivity contribution in [2.24, 2.45) is 0 Å². The quantitative estimate of drug-likeness (QED) is 0.810. The molecule has 0 aromatic heterocycles. The van der Waals surface area contributed by atoms with Gasteiger partial charge in [0.1, 0.15) is 18.3 Å². The van der Waals surface area contributed by atoms with E-state index in [9.17, 15) is 9.59 Å². The Morgan fingerprint density at radius 2 is 2.24 bits per heavy atom. The minimum absolute atomic E-state index is 0.0302. The Balaban J connectivity index is 1.66. The van der Waals surface area contributed by atoms with E-state index in [-0.39, 0.29) is 30.4 Å². The first-order chi connectivity index (χ1) is 12.1. The number of nitrogens with zero attached hydrogens (tertiary/aromatic N) is 2. The number of carbonyl (C=O) groups is 2. The average Bonchev–Trinajstić information content (AvgIpc) is 3.07. The Kier molecular flexibility index (Phi) is 5.23. The van der Waals surface area contributed by atoms with Crippen LogP contribution in [-0.4, -0.2) is 48.0 Å². The second kappa shape index (κ2) is 7.57. The van der Waals surface area contributed by atoms with E-state index in [1.165, 1.54) is 4.90 Å². The number of fused-ring (bicyclic) bond motifs is 1. The minimum Gasteiger partial charge on any atom is -0.497 e. The number of benzene rings is 1. The summed E-state index contributed by atoms with van der Waals surface area (Å²) in [6.45, 7) is 2.68. The van der Waals surface area contributed by atoms with Gasteiger partial charge in [-0.2, -0.15) is 0 Å². The van der Waals surface area contributed by atoms with Crippen LogP contribution in [0.1, 0.15) is 31.4 Å². The lowest BCUT2D eigenvalue weighted by Gasteiger charge is -2.31. The summed E-state index contributed by atoms with van der Waals surface area (Å²) in [4.78, 5) is 26.1. The lowest BCUT2D eigenvalue weighted by atomic mass is 10.0. The highest BCUT2D eigenvalue weighted by molar-refractivity contribution is 5.89. The highest BCUT2D eigenvalue weighted by Gasteiger charge is 2.40. The third-order valence-electron chi connectivity index (χ3n) is 4.46. The molecule has 2 atom stereocenters. The van der Waals surface area contributed by atoms with Gasteiger partial charge in [0.25, 0.3) is 5.91 Å². The summed E-state index contributed by atoms with van der Waals surface area (Å²) < 4.78 is 5.27. The molecule has 0 saturated carbocycles. The van der Waals surface area contributed by atoms with Crippen LogP contribution >= 0.6 is 0 Å². The van der Waals surface area contributed by atoms with Gasteiger partial charge in [0.15, 0.2) is 0 Å². The molecule has 134 valence electrons. The number of amides is 2. The molecule has 2 aliphatic heterocycles. The maximum absolute atomic E-state index is 12.7. The monoisotopic (exact) mass is 344 g/mol. The number of rotatable bonds is 6. The van der Waals surface area contributed by atoms with Crippen LogP contribution < -0.4 is 15.5 Å². The van der Waals surface area contributed by atoms with Gasteiger partial charge in [-0.1, -0.05) is 19.1 Å². The van der Waals surface area contributed by atoms with E-state index in [2.05, 4.69) is 10.7 Å². The molecule has 3 rings (SSSR count). The van der Waals surface area contributed by atoms with Crippen LogP contribution in [0.2, 0.25) is 0 Å². The van der Waals surface area contributed by atoms with Crippen molar-refractivity contribution in [3.05, 3.63) is 42.2 Å². The van der Waals surface area contributed by atoms with E-state index in [0.29, 0.717) is 13.0 Å². The molecule has 1 fully saturated rings. The van der Waals surface area contributed by atoms with Crippen molar-refractivity contribution in [1.82, 2.24) is 20.7 Å². The van der Waals surface area contributed by atoms with Gasteiger partial charge in [0.05, 0.1) is 13.2 Å². The summed E-state index contributed by atoms with van der Waals surface area (Å²) in [6, 6.07) is 7.55. The molecule has 0 radical (unpaired) electrons. The first-order valence-electron chi connectivity index (χ1n) is 8.56. The summed E-state index contributed by atoms with van der Waals surface area (Å²) in [5.74, 6) is 0.593. The van der Waals surface area contributed by atoms with E-state index >= 15 is 0 Å². The molecule has 2 unspecified atom stereocenters. The van der Waals surface area contributed by atoms with Crippen molar-refractivity contribution in [3.63, 3.8) is 0 Å². The summed E-state index contributed by atoms with van der Waals surface area (Å²) in [6.07, 6.45) is 4.99. The van der Waals surface area contributed by atoms with E-state index in [1.54, 1.807) is 13.3 Å². The summed E-state index contributed by atoms with van der Waals surface area (Å²) in [7, 11) is 1.64. The van der Waals surface area contributed by atoms with E-state index in [0.717, 1.165) is 17.7 Å². The Morgan fingerprint density at radius 3 is 3.00 bits per heavy atom. The third kappa shape index (κ3) is 3.76. The van der Waals surface area contributed by atoms with E-state index in [1.807, 2.05) is 42.4 Å². The first kappa shape index (κ1) is 17.3. The molecule has 2 amide bonds. The smallest absolute Gasteiger partial charge is 0.251 e. The highest BCUT2D eigenvalue weighted by atomic mass is 16.5. The third-order valence-corrected chi connectivity index (χ3v) is 4.46. The zero-order chi connectivity index (χ0) is 17.8. The zero-order valence-electron chi connectivity index (χ0n) is 14.6. The fourth-order valence-electron chi connectivity index (χ4n) is 3.12. The van der Waals surface area contributed by atoms with Crippen molar-refractivity contribution in [1.29, 1.82) is 0 Å². The molecule has 2 heterocycles. The topological polar surface area (TPSA) is 73.9 Å². The van der Waals surface area contributed by atoms with Crippen molar-refractivity contribution in [2.45, 2.75) is 31.8 Å². The van der Waals surface area contributed by atoms with Crippen LogP contribution in [0.4, 0.5) is 0 Å². The average molecular weight is 344 g/mol. The molecular weight excluding hydrogens is 320 g/mol. The molecule has 0 bridgehead atoms. The van der Waals surface area contributed by atoms with Gasteiger partial charge in [0.2, 0.25) is 5.91 Å². The van der Waals surface area contributed by atoms with Gasteiger partial charge in [-0.05, 0) is 30.5 Å². The minimum atomic E-state index is -0.305. The van der Waals surface area contributed by atoms with Gasteiger partial charge >= 0.3 is 0 Å². The number of hydrazine groups is 1. The molecule has 2 aliphatic rings. The van der Waals surface area contributed by atoms with Crippen LogP contribution in [-0.2, 0) is 9.59 Å². The molecular formula is C18H24N4O3. The predicted octanol–water partition coefficient (Wildman–Crippen LogP) is 1.15. The van der Waals surface area contributed by atoms with Crippen LogP contribution in [0.25, 0.3) is 0 Å². The lowest BCUT2D eigenvalue weighted by molar-refractivity contribution is -0.138. The highest BCUT2D eigenvalue weighted by Crippen LogP contribution is 2.32. The Labute approximate surface area is 147 Å². The van der Waals surface area contributed by atoms with Crippen LogP contribution in [0.5, 0.6) is 5.75 Å². The number of methoxy groups -OCH3 is 1. The van der Waals surface area contributed by atoms with Crippen LogP contribution in [0.3, 0.4) is 0 Å². The number of ether oxygens (including phenoxy) is 1. The molecule has 0 spiro atoms. The lowest BCUT2D eigenvalue weighted by Crippen LogP contribution is -2.50. The normalized spacial score (nSPS) is 22.1. The number of carbonyl (C=O) groups excluding carboxylic acids is 2. The fourth-order valence-corrected chi connectivity index (χ4v) is 3.12. The van der Waals surface area contributed by atoms with Gasteiger partial charge in [0, 0.05) is 18.9 Å². The van der Waals surface area contributed by atoms with Gasteiger partial charge in [-0.25, -0.2) is 5.43 Å². The zero-order valence-corrected chi connectivity index (χ0v) is 14.6. The van der Waals surface area contributed by atoms with Gasteiger partial charge < -0.3 is 20.0 Å². The van der Waals surface area contributed by atoms with Crippen molar-refractivity contribution in [2.75, 3.05) is 20.2 Å². The molecule has 7 nitrogen and oxygen atoms in total. The maximum atomic E-state index is 12.7. The predicted molar refractivity (Wildman–Crippen MR) is 93.3 cm³/mol. The van der Waals surface area contributed by atoms with E-state index in [4.69, 9.17) is 4.74 Å². The molecule has 7 heteroatoms. The van der Waals surface area contributed by atoms with Crippen LogP contribution in [0, 0.1) is 0 Å². The number of nitrogens with one attached hydrogen (secondary N) is 2. The van der Waals surface area contributed by atoms with Crippen molar-refractivity contribution in [3.8, 4) is 5.75 Å². The second-order valence-corrected chi connectivity index (χ2v) is 6.23. The molecule has 1 aromatic carbocycles.